The van der Waals surface area contributed by atoms with Crippen molar-refractivity contribution in [3.05, 3.63) is 0 Å². The molecule has 11 heteroatoms. The Labute approximate surface area is 276 Å². The molecule has 0 aromatic heterocycles. The van der Waals surface area contributed by atoms with Gasteiger partial charge in [-0.15, -0.1) is 15.5 Å². The molecular weight excluding hydrogens is 615 g/mol. The zero-order valence-corrected chi connectivity index (χ0v) is 33.7. The lowest BCUT2D eigenvalue weighted by molar-refractivity contribution is -0.141. The van der Waals surface area contributed by atoms with Gasteiger partial charge >= 0.3 is 5.97 Å². The summed E-state index contributed by atoms with van der Waals surface area (Å²) in [6.45, 7) is 27.2. The Balaban J connectivity index is 1.78. The van der Waals surface area contributed by atoms with Crippen LogP contribution in [0.4, 0.5) is 0 Å². The van der Waals surface area contributed by atoms with Crippen LogP contribution in [0.15, 0.2) is 15.5 Å². The molecule has 0 spiro atoms. The molecule has 256 valence electrons. The maximum absolute atomic E-state index is 12.1. The molecule has 4 aliphatic rings. The number of hydrogen-bond acceptors (Lipinski definition) is 8. The Bertz CT molecular complexity index is 1190. The molecule has 4 saturated carbocycles. The van der Waals surface area contributed by atoms with E-state index in [4.69, 9.17) is 33.8 Å². The van der Waals surface area contributed by atoms with Crippen LogP contribution in [0, 0.1) is 46.3 Å². The standard InChI is InChI=1S/C34H63N3O5Si3/c1-23(14-17-31(38)39-4)26-15-16-27-32-28(22-30(34(26,27)3)37-42-45(11,12)13)33(2)19-18-25(35-40-43(5,6)7)20-24(33)21-29(32)36-41-44(8,9)10/h23-24,26-28,32H,14-22H2,1-13H3/t23?,24-,26?,27?,28?,32?,33?,34?/m0/s1. The monoisotopic (exact) mass is 677 g/mol. The lowest BCUT2D eigenvalue weighted by Gasteiger charge is -2.60. The second-order valence-corrected chi connectivity index (χ2v) is 31.2. The van der Waals surface area contributed by atoms with Crippen LogP contribution in [-0.2, 0) is 23.1 Å². The van der Waals surface area contributed by atoms with Crippen LogP contribution >= 0.6 is 0 Å². The summed E-state index contributed by atoms with van der Waals surface area (Å²) in [4.78, 5) is 12.1. The summed E-state index contributed by atoms with van der Waals surface area (Å²) in [6.07, 6.45) is 8.51. The number of ether oxygens (including phenoxy) is 1. The van der Waals surface area contributed by atoms with E-state index in [0.29, 0.717) is 41.9 Å². The van der Waals surface area contributed by atoms with E-state index in [1.165, 1.54) is 24.2 Å². The molecule has 4 aliphatic carbocycles. The van der Waals surface area contributed by atoms with E-state index in [0.717, 1.165) is 51.4 Å². The van der Waals surface area contributed by atoms with E-state index in [1.54, 1.807) is 0 Å². The molecule has 0 heterocycles. The number of methoxy groups -OCH3 is 1. The number of fused-ring (bicyclic) bond motifs is 5. The van der Waals surface area contributed by atoms with Crippen LogP contribution in [0.3, 0.4) is 0 Å². The largest absolute Gasteiger partial charge is 0.469 e. The summed E-state index contributed by atoms with van der Waals surface area (Å²) in [7, 11) is -4.03. The molecule has 4 rings (SSSR count). The first-order valence-corrected chi connectivity index (χ1v) is 27.7. The van der Waals surface area contributed by atoms with Gasteiger partial charge in [-0.2, -0.15) is 0 Å². The molecule has 8 nitrogen and oxygen atoms in total. The highest BCUT2D eigenvalue weighted by Crippen LogP contribution is 2.67. The smallest absolute Gasteiger partial charge is 0.305 e. The van der Waals surface area contributed by atoms with Crippen molar-refractivity contribution in [3.63, 3.8) is 0 Å². The minimum atomic E-state index is -1.89. The molecule has 0 aromatic rings. The van der Waals surface area contributed by atoms with Gasteiger partial charge in [0.2, 0.25) is 0 Å². The van der Waals surface area contributed by atoms with Gasteiger partial charge in [-0.1, -0.05) is 20.8 Å². The van der Waals surface area contributed by atoms with Crippen molar-refractivity contribution in [2.75, 3.05) is 7.11 Å². The minimum Gasteiger partial charge on any atom is -0.469 e. The average Bonchev–Trinajstić information content (AvgIpc) is 3.28. The SMILES string of the molecule is COC(=O)CCC(C)C1CCC2C3C(=NO[Si](C)(C)C)C[C@@H]4CC(=NO[Si](C)(C)C)CCC4(C)C3CC(=NO[Si](C)(C)C)C12C. The lowest BCUT2D eigenvalue weighted by atomic mass is 9.43. The number of esters is 1. The Hall–Kier alpha value is -1.47. The van der Waals surface area contributed by atoms with Gasteiger partial charge in [-0.25, -0.2) is 0 Å². The van der Waals surface area contributed by atoms with E-state index in [2.05, 4.69) is 79.7 Å². The van der Waals surface area contributed by atoms with Crippen LogP contribution in [0.25, 0.3) is 0 Å². The van der Waals surface area contributed by atoms with Gasteiger partial charge in [0, 0.05) is 17.8 Å². The first-order valence-electron chi connectivity index (χ1n) is 17.5. The topological polar surface area (TPSA) is 91.1 Å². The number of carbonyl (C=O) groups excluding carboxylic acids is 1. The summed E-state index contributed by atoms with van der Waals surface area (Å²) >= 11 is 0. The van der Waals surface area contributed by atoms with Crippen LogP contribution in [0.5, 0.6) is 0 Å². The molecule has 7 unspecified atom stereocenters. The first-order chi connectivity index (χ1) is 20.7. The quantitative estimate of drug-likeness (QED) is 0.131. The van der Waals surface area contributed by atoms with Crippen LogP contribution < -0.4 is 0 Å². The molecule has 0 radical (unpaired) electrons. The lowest BCUT2D eigenvalue weighted by Crippen LogP contribution is -2.60. The minimum absolute atomic E-state index is 0.119. The highest BCUT2D eigenvalue weighted by Gasteiger charge is 2.65. The second kappa shape index (κ2) is 13.2. The van der Waals surface area contributed by atoms with Gasteiger partial charge in [0.05, 0.1) is 24.2 Å². The third-order valence-electron chi connectivity index (χ3n) is 11.3. The number of rotatable bonds is 10. The Morgan fingerprint density at radius 2 is 1.44 bits per heavy atom. The molecule has 0 aromatic carbocycles. The van der Waals surface area contributed by atoms with E-state index in [-0.39, 0.29) is 16.8 Å². The third-order valence-corrected chi connectivity index (χ3v) is 13.2. The van der Waals surface area contributed by atoms with Crippen molar-refractivity contribution < 1.29 is 23.1 Å². The number of carbonyl (C=O) groups is 1. The third kappa shape index (κ3) is 8.16. The van der Waals surface area contributed by atoms with Gasteiger partial charge in [0.15, 0.2) is 0 Å². The molecular formula is C34H63N3O5Si3. The zero-order valence-electron chi connectivity index (χ0n) is 30.7. The number of hydrogen-bond donors (Lipinski definition) is 0. The van der Waals surface area contributed by atoms with E-state index in [1.807, 2.05) is 0 Å². The predicted molar refractivity (Wildman–Crippen MR) is 192 cm³/mol. The first kappa shape index (κ1) is 36.4. The van der Waals surface area contributed by atoms with Crippen LogP contribution in [0.1, 0.15) is 78.6 Å². The van der Waals surface area contributed by atoms with Crippen molar-refractivity contribution in [1.82, 2.24) is 0 Å². The summed E-state index contributed by atoms with van der Waals surface area (Å²) < 4.78 is 23.8. The van der Waals surface area contributed by atoms with Gasteiger partial charge in [0.1, 0.15) is 0 Å². The van der Waals surface area contributed by atoms with Crippen molar-refractivity contribution in [3.8, 4) is 0 Å². The zero-order chi connectivity index (χ0) is 33.6. The molecule has 0 amide bonds. The molecule has 0 saturated heterocycles. The number of oxime groups is 3. The Kier molecular flexibility index (Phi) is 10.7. The molecule has 4 fully saturated rings. The number of nitrogens with zero attached hydrogens (tertiary/aromatic N) is 3. The van der Waals surface area contributed by atoms with Crippen molar-refractivity contribution in [1.29, 1.82) is 0 Å². The fourth-order valence-corrected chi connectivity index (χ4v) is 10.2. The van der Waals surface area contributed by atoms with Gasteiger partial charge in [-0.05, 0) is 145 Å². The highest BCUT2D eigenvalue weighted by molar-refractivity contribution is 6.70. The van der Waals surface area contributed by atoms with E-state index in [9.17, 15) is 4.79 Å². The predicted octanol–water partition coefficient (Wildman–Crippen LogP) is 9.08. The fourth-order valence-electron chi connectivity index (χ4n) is 9.01. The van der Waals surface area contributed by atoms with Crippen molar-refractivity contribution in [2.24, 2.45) is 61.8 Å². The maximum Gasteiger partial charge on any atom is 0.305 e. The highest BCUT2D eigenvalue weighted by atomic mass is 28.4. The van der Waals surface area contributed by atoms with Crippen molar-refractivity contribution >= 4 is 48.1 Å². The normalized spacial score (nSPS) is 37.1. The second-order valence-electron chi connectivity index (χ2n) is 18.0. The molecule has 45 heavy (non-hydrogen) atoms. The molecule has 0 aliphatic heterocycles. The summed E-state index contributed by atoms with van der Waals surface area (Å²) in [5, 5.41) is 15.0. The van der Waals surface area contributed by atoms with Gasteiger partial charge in [0.25, 0.3) is 25.0 Å². The summed E-state index contributed by atoms with van der Waals surface area (Å²) in [6, 6.07) is 0. The molecule has 8 atom stereocenters. The summed E-state index contributed by atoms with van der Waals surface area (Å²) in [5.41, 5.74) is 3.75. The maximum atomic E-state index is 12.1. The van der Waals surface area contributed by atoms with Crippen LogP contribution in [-0.4, -0.2) is 55.2 Å². The molecule has 0 bridgehead atoms. The molecule has 0 N–H and O–H groups in total. The average molecular weight is 678 g/mol. The van der Waals surface area contributed by atoms with Crippen LogP contribution in [0.2, 0.25) is 58.9 Å². The Morgan fingerprint density at radius 1 is 0.844 bits per heavy atom. The van der Waals surface area contributed by atoms with Gasteiger partial charge in [-0.3, -0.25) is 4.79 Å². The summed E-state index contributed by atoms with van der Waals surface area (Å²) in [5.74, 6) is 2.31. The van der Waals surface area contributed by atoms with Crippen molar-refractivity contribution in [2.45, 2.75) is 137 Å². The van der Waals surface area contributed by atoms with E-state index < -0.39 is 25.0 Å². The van der Waals surface area contributed by atoms with Gasteiger partial charge < -0.3 is 18.3 Å². The Morgan fingerprint density at radius 3 is 2.04 bits per heavy atom. The fraction of sp³-hybridized carbons (Fsp3) is 0.882. The van der Waals surface area contributed by atoms with E-state index >= 15 is 0 Å².